The average molecular weight is 259 g/mol. The van der Waals surface area contributed by atoms with Crippen LogP contribution in [0.2, 0.25) is 0 Å². The monoisotopic (exact) mass is 258 g/mol. The molecule has 1 aliphatic heterocycles. The molecule has 2 rings (SSSR count). The molecule has 0 spiro atoms. The van der Waals surface area contributed by atoms with Gasteiger partial charge in [0.05, 0.1) is 6.54 Å². The molecule has 0 aromatic carbocycles. The molecule has 0 saturated carbocycles. The van der Waals surface area contributed by atoms with Crippen molar-refractivity contribution in [3.63, 3.8) is 0 Å². The maximum Gasteiger partial charge on any atom is 0.140 e. The minimum Gasteiger partial charge on any atom is -0.296 e. The van der Waals surface area contributed by atoms with Gasteiger partial charge in [0.2, 0.25) is 0 Å². The lowest BCUT2D eigenvalue weighted by atomic mass is 10.2. The quantitative estimate of drug-likeness (QED) is 0.760. The molecule has 0 radical (unpaired) electrons. The van der Waals surface area contributed by atoms with E-state index in [1.165, 1.54) is 19.5 Å². The van der Waals surface area contributed by atoms with Crippen LogP contribution in [0.25, 0.3) is 0 Å². The highest BCUT2D eigenvalue weighted by molar-refractivity contribution is 9.09. The predicted molar refractivity (Wildman–Crippen MR) is 58.2 cm³/mol. The second-order valence-electron chi connectivity index (χ2n) is 3.84. The van der Waals surface area contributed by atoms with Gasteiger partial charge in [0.25, 0.3) is 0 Å². The van der Waals surface area contributed by atoms with Crippen LogP contribution in [-0.2, 0) is 13.6 Å². The van der Waals surface area contributed by atoms with Crippen molar-refractivity contribution in [3.8, 4) is 0 Å². The Morgan fingerprint density at radius 1 is 1.64 bits per heavy atom. The van der Waals surface area contributed by atoms with E-state index in [4.69, 9.17) is 0 Å². The zero-order valence-electron chi connectivity index (χ0n) is 8.36. The number of hydrogen-bond donors (Lipinski definition) is 0. The Bertz CT molecular complexity index is 299. The molecule has 1 saturated heterocycles. The van der Waals surface area contributed by atoms with E-state index >= 15 is 0 Å². The molecule has 0 amide bonds. The third-order valence-electron chi connectivity index (χ3n) is 2.76. The molecule has 1 atom stereocenters. The van der Waals surface area contributed by atoms with Crippen LogP contribution >= 0.6 is 15.9 Å². The van der Waals surface area contributed by atoms with Gasteiger partial charge in [0, 0.05) is 18.9 Å². The van der Waals surface area contributed by atoms with E-state index < -0.39 is 0 Å². The molecule has 1 aliphatic rings. The van der Waals surface area contributed by atoms with Crippen LogP contribution in [0.5, 0.6) is 0 Å². The molecule has 1 unspecified atom stereocenters. The van der Waals surface area contributed by atoms with Crippen LogP contribution in [0.1, 0.15) is 12.2 Å². The van der Waals surface area contributed by atoms with E-state index in [-0.39, 0.29) is 0 Å². The molecule has 14 heavy (non-hydrogen) atoms. The van der Waals surface area contributed by atoms with Crippen LogP contribution < -0.4 is 0 Å². The first-order valence-corrected chi connectivity index (χ1v) is 6.03. The smallest absolute Gasteiger partial charge is 0.140 e. The van der Waals surface area contributed by atoms with Gasteiger partial charge in [-0.1, -0.05) is 15.9 Å². The molecule has 1 aromatic heterocycles. The van der Waals surface area contributed by atoms with Gasteiger partial charge < -0.3 is 0 Å². The fourth-order valence-electron chi connectivity index (χ4n) is 1.85. The summed E-state index contributed by atoms with van der Waals surface area (Å²) in [5.74, 6) is 1.86. The maximum atomic E-state index is 4.23. The summed E-state index contributed by atoms with van der Waals surface area (Å²) in [5, 5.41) is 5.18. The maximum absolute atomic E-state index is 4.23. The highest BCUT2D eigenvalue weighted by Gasteiger charge is 2.22. The van der Waals surface area contributed by atoms with Gasteiger partial charge in [-0.05, 0) is 18.9 Å². The van der Waals surface area contributed by atoms with Gasteiger partial charge in [0.1, 0.15) is 12.2 Å². The molecule has 78 valence electrons. The van der Waals surface area contributed by atoms with E-state index in [9.17, 15) is 0 Å². The van der Waals surface area contributed by atoms with Crippen LogP contribution in [0.4, 0.5) is 0 Å². The van der Waals surface area contributed by atoms with Crippen molar-refractivity contribution in [1.82, 2.24) is 19.7 Å². The third kappa shape index (κ3) is 2.15. The summed E-state index contributed by atoms with van der Waals surface area (Å²) in [6.07, 6.45) is 2.91. The Balaban J connectivity index is 1.90. The third-order valence-corrected chi connectivity index (χ3v) is 3.67. The van der Waals surface area contributed by atoms with Crippen molar-refractivity contribution in [2.45, 2.75) is 13.0 Å². The molecular weight excluding hydrogens is 244 g/mol. The van der Waals surface area contributed by atoms with E-state index in [1.54, 1.807) is 6.33 Å². The van der Waals surface area contributed by atoms with Gasteiger partial charge in [-0.2, -0.15) is 5.10 Å². The summed E-state index contributed by atoms with van der Waals surface area (Å²) in [6.45, 7) is 3.29. The van der Waals surface area contributed by atoms with Gasteiger partial charge in [-0.3, -0.25) is 9.58 Å². The van der Waals surface area contributed by atoms with Gasteiger partial charge >= 0.3 is 0 Å². The number of hydrogen-bond acceptors (Lipinski definition) is 3. The summed E-state index contributed by atoms with van der Waals surface area (Å²) in [4.78, 5) is 6.67. The molecule has 0 N–H and O–H groups in total. The van der Waals surface area contributed by atoms with Gasteiger partial charge in [-0.25, -0.2) is 4.98 Å². The fraction of sp³-hybridized carbons (Fsp3) is 0.778. The Hall–Kier alpha value is -0.420. The van der Waals surface area contributed by atoms with Crippen molar-refractivity contribution in [1.29, 1.82) is 0 Å². The number of rotatable bonds is 3. The number of halogens is 1. The molecular formula is C9H15BrN4. The first-order valence-electron chi connectivity index (χ1n) is 4.91. The lowest BCUT2D eigenvalue weighted by Crippen LogP contribution is -2.22. The number of alkyl halides is 1. The summed E-state index contributed by atoms with van der Waals surface area (Å²) in [7, 11) is 1.94. The molecule has 0 aliphatic carbocycles. The van der Waals surface area contributed by atoms with E-state index in [0.717, 1.165) is 23.6 Å². The number of aromatic nitrogens is 3. The molecule has 1 aromatic rings. The zero-order chi connectivity index (χ0) is 9.97. The molecule has 0 bridgehead atoms. The number of likely N-dealkylation sites (tertiary alicyclic amines) is 1. The molecule has 1 fully saturated rings. The standard InChI is InChI=1S/C9H15BrN4/c1-13-9(11-7-12-13)6-14-3-2-8(4-10)5-14/h7-8H,2-6H2,1H3. The lowest BCUT2D eigenvalue weighted by molar-refractivity contribution is 0.307. The van der Waals surface area contributed by atoms with E-state index in [1.807, 2.05) is 11.7 Å². The minimum atomic E-state index is 0.809. The molecule has 4 nitrogen and oxygen atoms in total. The first-order chi connectivity index (χ1) is 6.79. The summed E-state index contributed by atoms with van der Waals surface area (Å²) < 4.78 is 1.85. The lowest BCUT2D eigenvalue weighted by Gasteiger charge is -2.14. The van der Waals surface area contributed by atoms with Crippen LogP contribution in [0, 0.1) is 5.92 Å². The second kappa shape index (κ2) is 4.40. The van der Waals surface area contributed by atoms with Crippen molar-refractivity contribution in [2.24, 2.45) is 13.0 Å². The van der Waals surface area contributed by atoms with E-state index in [0.29, 0.717) is 0 Å². The predicted octanol–water partition coefficient (Wildman–Crippen LogP) is 1.03. The normalized spacial score (nSPS) is 23.1. The Morgan fingerprint density at radius 2 is 2.50 bits per heavy atom. The van der Waals surface area contributed by atoms with Crippen molar-refractivity contribution < 1.29 is 0 Å². The summed E-state index contributed by atoms with van der Waals surface area (Å²) >= 11 is 3.54. The summed E-state index contributed by atoms with van der Waals surface area (Å²) in [5.41, 5.74) is 0. The number of nitrogens with zero attached hydrogens (tertiary/aromatic N) is 4. The van der Waals surface area contributed by atoms with Crippen molar-refractivity contribution in [2.75, 3.05) is 18.4 Å². The number of aryl methyl sites for hydroxylation is 1. The Labute approximate surface area is 92.4 Å². The fourth-order valence-corrected chi connectivity index (χ4v) is 2.37. The highest BCUT2D eigenvalue weighted by Crippen LogP contribution is 2.19. The van der Waals surface area contributed by atoms with Crippen LogP contribution in [0.3, 0.4) is 0 Å². The van der Waals surface area contributed by atoms with Crippen LogP contribution in [-0.4, -0.2) is 38.1 Å². The average Bonchev–Trinajstić information content (AvgIpc) is 2.77. The zero-order valence-corrected chi connectivity index (χ0v) is 9.94. The van der Waals surface area contributed by atoms with Gasteiger partial charge in [-0.15, -0.1) is 0 Å². The Kier molecular flexibility index (Phi) is 3.18. The SMILES string of the molecule is Cn1ncnc1CN1CCC(CBr)C1. The van der Waals surface area contributed by atoms with Crippen LogP contribution in [0.15, 0.2) is 6.33 Å². The topological polar surface area (TPSA) is 34.0 Å². The molecule has 2 heterocycles. The minimum absolute atomic E-state index is 0.809. The largest absolute Gasteiger partial charge is 0.296 e. The summed E-state index contributed by atoms with van der Waals surface area (Å²) in [6, 6.07) is 0. The van der Waals surface area contributed by atoms with E-state index in [2.05, 4.69) is 30.9 Å². The van der Waals surface area contributed by atoms with Crippen molar-refractivity contribution >= 4 is 15.9 Å². The highest BCUT2D eigenvalue weighted by atomic mass is 79.9. The first kappa shape index (κ1) is 10.1. The molecule has 5 heteroatoms. The Morgan fingerprint density at radius 3 is 3.07 bits per heavy atom. The van der Waals surface area contributed by atoms with Gasteiger partial charge in [0.15, 0.2) is 0 Å². The van der Waals surface area contributed by atoms with Crippen molar-refractivity contribution in [3.05, 3.63) is 12.2 Å². The second-order valence-corrected chi connectivity index (χ2v) is 4.49.